The van der Waals surface area contributed by atoms with E-state index in [1.165, 1.54) is 0 Å². The van der Waals surface area contributed by atoms with Crippen molar-refractivity contribution in [3.8, 4) is 0 Å². The van der Waals surface area contributed by atoms with Crippen molar-refractivity contribution in [1.82, 2.24) is 10.6 Å². The smallest absolute Gasteiger partial charge is 0.307 e. The number of carboxylic acids is 2. The summed E-state index contributed by atoms with van der Waals surface area (Å²) in [7, 11) is 0. The average molecular weight is 382 g/mol. The Bertz CT molecular complexity index is 579. The molecule has 0 unspecified atom stereocenters. The van der Waals surface area contributed by atoms with Gasteiger partial charge in [-0.3, -0.25) is 19.2 Å². The Morgan fingerprint density at radius 1 is 0.778 bits per heavy atom. The van der Waals surface area contributed by atoms with E-state index in [4.69, 9.17) is 0 Å². The first-order chi connectivity index (χ1) is 12.8. The molecule has 8 heteroatoms. The molecule has 27 heavy (non-hydrogen) atoms. The van der Waals surface area contributed by atoms with Gasteiger partial charge in [-0.15, -0.1) is 0 Å². The molecule has 0 saturated heterocycles. The fourth-order valence-corrected chi connectivity index (χ4v) is 4.27. The van der Waals surface area contributed by atoms with Crippen molar-refractivity contribution in [2.24, 2.45) is 23.7 Å². The molecule has 0 spiro atoms. The molecule has 0 radical (unpaired) electrons. The van der Waals surface area contributed by atoms with Crippen molar-refractivity contribution in [1.29, 1.82) is 0 Å². The lowest BCUT2D eigenvalue weighted by molar-refractivity contribution is -0.149. The number of hydrogen-bond acceptors (Lipinski definition) is 4. The minimum atomic E-state index is -0.937. The molecule has 2 amide bonds. The Kier molecular flexibility index (Phi) is 7.62. The van der Waals surface area contributed by atoms with Crippen LogP contribution in [0.2, 0.25) is 0 Å². The van der Waals surface area contributed by atoms with Crippen molar-refractivity contribution < 1.29 is 29.4 Å². The molecule has 8 nitrogen and oxygen atoms in total. The summed E-state index contributed by atoms with van der Waals surface area (Å²) in [6, 6.07) is -0.357. The third-order valence-electron chi connectivity index (χ3n) is 5.81. The van der Waals surface area contributed by atoms with Crippen LogP contribution in [0.15, 0.2) is 0 Å². The summed E-state index contributed by atoms with van der Waals surface area (Å²) in [4.78, 5) is 47.5. The van der Waals surface area contributed by atoms with Crippen LogP contribution in [-0.2, 0) is 19.2 Å². The Hall–Kier alpha value is -2.12. The summed E-state index contributed by atoms with van der Waals surface area (Å²) in [6.07, 6.45) is 5.46. The molecule has 2 saturated carbocycles. The molecule has 2 aliphatic rings. The molecule has 152 valence electrons. The number of amides is 2. The van der Waals surface area contributed by atoms with E-state index in [1.54, 1.807) is 6.92 Å². The maximum absolute atomic E-state index is 12.4. The van der Waals surface area contributed by atoms with Crippen LogP contribution in [-0.4, -0.2) is 46.6 Å². The van der Waals surface area contributed by atoms with Gasteiger partial charge in [0.2, 0.25) is 11.8 Å². The molecule has 5 atom stereocenters. The lowest BCUT2D eigenvalue weighted by atomic mass is 9.78. The molecule has 0 aromatic heterocycles. The van der Waals surface area contributed by atoms with Crippen LogP contribution in [0.4, 0.5) is 0 Å². The van der Waals surface area contributed by atoms with Gasteiger partial charge in [-0.05, 0) is 32.6 Å². The summed E-state index contributed by atoms with van der Waals surface area (Å²) < 4.78 is 0. The van der Waals surface area contributed by atoms with Gasteiger partial charge in [-0.2, -0.15) is 0 Å². The van der Waals surface area contributed by atoms with E-state index in [-0.39, 0.29) is 24.4 Å². The minimum absolute atomic E-state index is 0.192. The largest absolute Gasteiger partial charge is 0.481 e. The number of carboxylic acid groups (broad SMARTS) is 2. The van der Waals surface area contributed by atoms with Crippen LogP contribution in [0.25, 0.3) is 0 Å². The van der Waals surface area contributed by atoms with Crippen LogP contribution in [0, 0.1) is 23.7 Å². The lowest BCUT2D eigenvalue weighted by Gasteiger charge is -2.30. The van der Waals surface area contributed by atoms with Gasteiger partial charge in [0.1, 0.15) is 0 Å². The zero-order valence-electron chi connectivity index (χ0n) is 15.8. The number of rotatable bonds is 7. The highest BCUT2D eigenvalue weighted by atomic mass is 16.4. The Morgan fingerprint density at radius 2 is 1.19 bits per heavy atom. The zero-order valence-corrected chi connectivity index (χ0v) is 15.8. The van der Waals surface area contributed by atoms with E-state index in [1.807, 2.05) is 0 Å². The number of carbonyl (C=O) groups is 4. The summed E-state index contributed by atoms with van der Waals surface area (Å²) in [5, 5.41) is 24.1. The first-order valence-corrected chi connectivity index (χ1v) is 9.85. The first-order valence-electron chi connectivity index (χ1n) is 9.85. The van der Waals surface area contributed by atoms with Gasteiger partial charge in [0, 0.05) is 12.6 Å². The van der Waals surface area contributed by atoms with E-state index in [2.05, 4.69) is 10.6 Å². The number of carbonyl (C=O) groups excluding carboxylic acids is 2. The quantitative estimate of drug-likeness (QED) is 0.526. The standard InChI is InChI=1S/C19H30N2O6/c1-11(21-17(23)13-7-3-5-9-15(13)19(26)27)10-20-16(22)12-6-2-4-8-14(12)18(24)25/h11-15H,2-10H2,1H3,(H,20,22)(H,21,23)(H,24,25)(H,26,27)/t11-,12-,13+,14+,15-/m1/s1. The molecule has 2 aliphatic carbocycles. The monoisotopic (exact) mass is 382 g/mol. The summed E-state index contributed by atoms with van der Waals surface area (Å²) in [6.45, 7) is 1.93. The van der Waals surface area contributed by atoms with E-state index in [9.17, 15) is 29.4 Å². The van der Waals surface area contributed by atoms with E-state index in [0.29, 0.717) is 25.7 Å². The molecule has 0 aliphatic heterocycles. The Labute approximate surface area is 159 Å². The molecule has 2 fully saturated rings. The molecular formula is C19H30N2O6. The average Bonchev–Trinajstić information content (AvgIpc) is 2.65. The molecule has 0 aromatic carbocycles. The maximum atomic E-state index is 12.4. The van der Waals surface area contributed by atoms with Gasteiger partial charge in [-0.25, -0.2) is 0 Å². The second-order valence-corrected chi connectivity index (χ2v) is 7.83. The van der Waals surface area contributed by atoms with Crippen LogP contribution in [0.5, 0.6) is 0 Å². The predicted molar refractivity (Wildman–Crippen MR) is 96.8 cm³/mol. The van der Waals surface area contributed by atoms with Crippen molar-refractivity contribution >= 4 is 23.8 Å². The Morgan fingerprint density at radius 3 is 1.63 bits per heavy atom. The second kappa shape index (κ2) is 9.71. The van der Waals surface area contributed by atoms with Crippen LogP contribution < -0.4 is 10.6 Å². The normalized spacial score (nSPS) is 29.4. The summed E-state index contributed by atoms with van der Waals surface area (Å²) in [5.74, 6) is -4.82. The molecule has 2 rings (SSSR count). The second-order valence-electron chi connectivity index (χ2n) is 7.83. The highest BCUT2D eigenvalue weighted by Crippen LogP contribution is 2.31. The van der Waals surface area contributed by atoms with Gasteiger partial charge in [0.05, 0.1) is 23.7 Å². The highest BCUT2D eigenvalue weighted by molar-refractivity contribution is 5.86. The highest BCUT2D eigenvalue weighted by Gasteiger charge is 2.37. The van der Waals surface area contributed by atoms with E-state index in [0.717, 1.165) is 25.7 Å². The van der Waals surface area contributed by atoms with Crippen molar-refractivity contribution in [2.75, 3.05) is 6.54 Å². The summed E-state index contributed by atoms with van der Waals surface area (Å²) in [5.41, 5.74) is 0. The SMILES string of the molecule is C[C@H](CNC(=O)[C@@H]1CCCC[C@@H]1C(=O)O)NC(=O)[C@H]1CCCC[C@H]1C(=O)O. The molecule has 0 bridgehead atoms. The van der Waals surface area contributed by atoms with Crippen molar-refractivity contribution in [2.45, 2.75) is 64.3 Å². The van der Waals surface area contributed by atoms with Gasteiger partial charge in [-0.1, -0.05) is 25.7 Å². The third kappa shape index (κ3) is 5.68. The topological polar surface area (TPSA) is 133 Å². The van der Waals surface area contributed by atoms with Gasteiger partial charge < -0.3 is 20.8 Å². The van der Waals surface area contributed by atoms with Gasteiger partial charge >= 0.3 is 11.9 Å². The van der Waals surface area contributed by atoms with Gasteiger partial charge in [0.15, 0.2) is 0 Å². The van der Waals surface area contributed by atoms with Gasteiger partial charge in [0.25, 0.3) is 0 Å². The predicted octanol–water partition coefficient (Wildman–Crippen LogP) is 1.39. The van der Waals surface area contributed by atoms with Crippen LogP contribution in [0.3, 0.4) is 0 Å². The lowest BCUT2D eigenvalue weighted by Crippen LogP contribution is -2.48. The summed E-state index contributed by atoms with van der Waals surface area (Å²) >= 11 is 0. The number of nitrogens with one attached hydrogen (secondary N) is 2. The zero-order chi connectivity index (χ0) is 20.0. The number of hydrogen-bond donors (Lipinski definition) is 4. The molecule has 4 N–H and O–H groups in total. The fraction of sp³-hybridized carbons (Fsp3) is 0.789. The van der Waals surface area contributed by atoms with Crippen LogP contribution in [0.1, 0.15) is 58.3 Å². The third-order valence-corrected chi connectivity index (χ3v) is 5.81. The molecular weight excluding hydrogens is 352 g/mol. The molecule has 0 heterocycles. The first kappa shape index (κ1) is 21.2. The van der Waals surface area contributed by atoms with E-state index >= 15 is 0 Å². The van der Waals surface area contributed by atoms with Crippen molar-refractivity contribution in [3.05, 3.63) is 0 Å². The molecule has 0 aromatic rings. The Balaban J connectivity index is 1.83. The van der Waals surface area contributed by atoms with E-state index < -0.39 is 35.6 Å². The number of aliphatic carboxylic acids is 2. The minimum Gasteiger partial charge on any atom is -0.481 e. The maximum Gasteiger partial charge on any atom is 0.307 e. The van der Waals surface area contributed by atoms with Crippen molar-refractivity contribution in [3.63, 3.8) is 0 Å². The van der Waals surface area contributed by atoms with Crippen LogP contribution >= 0.6 is 0 Å². The fourth-order valence-electron chi connectivity index (χ4n) is 4.27.